The minimum atomic E-state index is -0.163. The van der Waals surface area contributed by atoms with Gasteiger partial charge >= 0.3 is 0 Å². The van der Waals surface area contributed by atoms with E-state index in [0.717, 1.165) is 4.90 Å². The zero-order valence-corrected chi connectivity index (χ0v) is 12.5. The van der Waals surface area contributed by atoms with Crippen molar-refractivity contribution in [3.63, 3.8) is 0 Å². The Morgan fingerprint density at radius 3 is 2.42 bits per heavy atom. The van der Waals surface area contributed by atoms with E-state index in [2.05, 4.69) is 0 Å². The molecule has 0 aliphatic heterocycles. The Balaban J connectivity index is 2.59. The summed E-state index contributed by atoms with van der Waals surface area (Å²) in [5.74, 6) is 0.0178. The number of carbonyl (C=O) groups is 1. The first-order valence-corrected chi connectivity index (χ1v) is 7.40. The molecule has 0 aliphatic carbocycles. The van der Waals surface area contributed by atoms with Crippen molar-refractivity contribution in [2.45, 2.75) is 4.90 Å². The van der Waals surface area contributed by atoms with Gasteiger partial charge in [-0.05, 0) is 18.2 Å². The van der Waals surface area contributed by atoms with Crippen molar-refractivity contribution >= 4 is 40.9 Å². The number of hydrogen-bond donors (Lipinski definition) is 2. The molecule has 0 aliphatic rings. The largest absolute Gasteiger partial charge is 0.395 e. The molecule has 7 heteroatoms. The van der Waals surface area contributed by atoms with Gasteiger partial charge in [0.05, 0.1) is 24.0 Å². The monoisotopic (exact) mass is 323 g/mol. The molecule has 0 radical (unpaired) electrons. The fraction of sp³-hybridized carbons (Fsp3) is 0.417. The number of carbonyl (C=O) groups excluding carboxylic acids is 1. The van der Waals surface area contributed by atoms with Crippen molar-refractivity contribution in [3.8, 4) is 0 Å². The van der Waals surface area contributed by atoms with Gasteiger partial charge in [0.25, 0.3) is 0 Å². The summed E-state index contributed by atoms with van der Waals surface area (Å²) in [5.41, 5.74) is 0. The Labute approximate surface area is 126 Å². The number of benzene rings is 1. The first-order chi connectivity index (χ1) is 9.08. The molecule has 1 rings (SSSR count). The number of aliphatic hydroxyl groups excluding tert-OH is 2. The minimum absolute atomic E-state index is 0.131. The van der Waals surface area contributed by atoms with Crippen molar-refractivity contribution in [2.24, 2.45) is 0 Å². The molecular formula is C12H15Cl2NO3S. The maximum Gasteiger partial charge on any atom is 0.233 e. The van der Waals surface area contributed by atoms with Crippen LogP contribution in [0.3, 0.4) is 0 Å². The van der Waals surface area contributed by atoms with Crippen molar-refractivity contribution in [1.82, 2.24) is 4.90 Å². The van der Waals surface area contributed by atoms with E-state index in [1.54, 1.807) is 18.2 Å². The van der Waals surface area contributed by atoms with Crippen LogP contribution < -0.4 is 0 Å². The summed E-state index contributed by atoms with van der Waals surface area (Å²) in [6.45, 7) is 0.162. The lowest BCUT2D eigenvalue weighted by Gasteiger charge is -2.20. The number of hydrogen-bond acceptors (Lipinski definition) is 4. The van der Waals surface area contributed by atoms with Crippen LogP contribution in [-0.2, 0) is 4.79 Å². The predicted molar refractivity (Wildman–Crippen MR) is 77.9 cm³/mol. The van der Waals surface area contributed by atoms with Gasteiger partial charge in [0.1, 0.15) is 0 Å². The van der Waals surface area contributed by atoms with Crippen molar-refractivity contribution in [3.05, 3.63) is 28.2 Å². The number of thioether (sulfide) groups is 1. The van der Waals surface area contributed by atoms with Crippen molar-refractivity contribution in [1.29, 1.82) is 0 Å². The third-order valence-corrected chi connectivity index (χ3v) is 4.05. The van der Waals surface area contributed by atoms with E-state index in [-0.39, 0.29) is 38.0 Å². The van der Waals surface area contributed by atoms with E-state index < -0.39 is 0 Å². The Hall–Kier alpha value is -0.460. The molecule has 2 N–H and O–H groups in total. The molecule has 0 saturated carbocycles. The number of rotatable bonds is 7. The maximum absolute atomic E-state index is 11.9. The minimum Gasteiger partial charge on any atom is -0.395 e. The van der Waals surface area contributed by atoms with Crippen molar-refractivity contribution in [2.75, 3.05) is 32.1 Å². The molecule has 0 bridgehead atoms. The van der Waals surface area contributed by atoms with Crippen LogP contribution in [0.5, 0.6) is 0 Å². The normalized spacial score (nSPS) is 10.5. The van der Waals surface area contributed by atoms with Crippen LogP contribution in [-0.4, -0.2) is 53.1 Å². The standard InChI is InChI=1S/C12H15Cl2NO3S/c13-9-1-2-10(14)11(7-9)19-8-12(18)15(3-5-16)4-6-17/h1-2,7,16-17H,3-6,8H2. The molecule has 1 aromatic rings. The molecule has 0 saturated heterocycles. The number of aliphatic hydroxyl groups is 2. The van der Waals surface area contributed by atoms with E-state index in [0.29, 0.717) is 10.0 Å². The van der Waals surface area contributed by atoms with Crippen LogP contribution in [0.2, 0.25) is 10.0 Å². The first kappa shape index (κ1) is 16.6. The summed E-state index contributed by atoms with van der Waals surface area (Å²) in [6, 6.07) is 5.06. The van der Waals surface area contributed by atoms with Gasteiger partial charge in [-0.3, -0.25) is 4.79 Å². The second kappa shape index (κ2) is 8.66. The smallest absolute Gasteiger partial charge is 0.233 e. The highest BCUT2D eigenvalue weighted by Gasteiger charge is 2.13. The molecule has 0 fully saturated rings. The lowest BCUT2D eigenvalue weighted by atomic mass is 10.4. The molecule has 0 atom stereocenters. The lowest BCUT2D eigenvalue weighted by Crippen LogP contribution is -2.37. The van der Waals surface area contributed by atoms with Gasteiger partial charge < -0.3 is 15.1 Å². The summed E-state index contributed by atoms with van der Waals surface area (Å²) < 4.78 is 0. The molecule has 0 unspecified atom stereocenters. The van der Waals surface area contributed by atoms with Gasteiger partial charge in [0.2, 0.25) is 5.91 Å². The zero-order chi connectivity index (χ0) is 14.3. The zero-order valence-electron chi connectivity index (χ0n) is 10.2. The third-order valence-electron chi connectivity index (χ3n) is 2.34. The number of nitrogens with zero attached hydrogens (tertiary/aromatic N) is 1. The van der Waals surface area contributed by atoms with E-state index in [9.17, 15) is 4.79 Å². The number of amides is 1. The second-order valence-corrected chi connectivity index (χ2v) is 5.55. The van der Waals surface area contributed by atoms with Gasteiger partial charge in [-0.1, -0.05) is 23.2 Å². The Morgan fingerprint density at radius 2 is 1.84 bits per heavy atom. The van der Waals surface area contributed by atoms with Gasteiger partial charge in [-0.25, -0.2) is 0 Å². The fourth-order valence-electron chi connectivity index (χ4n) is 1.42. The van der Waals surface area contributed by atoms with Crippen molar-refractivity contribution < 1.29 is 15.0 Å². The maximum atomic E-state index is 11.9. The van der Waals surface area contributed by atoms with E-state index >= 15 is 0 Å². The predicted octanol–water partition coefficient (Wildman–Crippen LogP) is 1.90. The van der Waals surface area contributed by atoms with Crippen LogP contribution >= 0.6 is 35.0 Å². The molecule has 19 heavy (non-hydrogen) atoms. The Morgan fingerprint density at radius 1 is 1.21 bits per heavy atom. The first-order valence-electron chi connectivity index (χ1n) is 5.65. The number of halogens is 2. The molecule has 1 aromatic carbocycles. The summed E-state index contributed by atoms with van der Waals surface area (Å²) in [7, 11) is 0. The molecule has 4 nitrogen and oxygen atoms in total. The van der Waals surface area contributed by atoms with Crippen LogP contribution in [0.1, 0.15) is 0 Å². The average Bonchev–Trinajstić information content (AvgIpc) is 2.39. The van der Waals surface area contributed by atoms with Gasteiger partial charge in [-0.15, -0.1) is 11.8 Å². The van der Waals surface area contributed by atoms with E-state index in [4.69, 9.17) is 33.4 Å². The molecule has 1 amide bonds. The Kier molecular flexibility index (Phi) is 7.56. The van der Waals surface area contributed by atoms with Gasteiger partial charge in [0.15, 0.2) is 0 Å². The molecule has 106 valence electrons. The summed E-state index contributed by atoms with van der Waals surface area (Å²) >= 11 is 13.1. The SMILES string of the molecule is O=C(CSc1cc(Cl)ccc1Cl)N(CCO)CCO. The molecule has 0 heterocycles. The summed E-state index contributed by atoms with van der Waals surface area (Å²) in [5, 5.41) is 18.8. The topological polar surface area (TPSA) is 60.8 Å². The highest BCUT2D eigenvalue weighted by molar-refractivity contribution is 8.00. The average molecular weight is 324 g/mol. The van der Waals surface area contributed by atoms with Crippen LogP contribution in [0.15, 0.2) is 23.1 Å². The van der Waals surface area contributed by atoms with Gasteiger partial charge in [-0.2, -0.15) is 0 Å². The highest BCUT2D eigenvalue weighted by atomic mass is 35.5. The van der Waals surface area contributed by atoms with E-state index in [1.807, 2.05) is 0 Å². The molecule has 0 spiro atoms. The molecule has 0 aromatic heterocycles. The highest BCUT2D eigenvalue weighted by Crippen LogP contribution is 2.29. The summed E-state index contributed by atoms with van der Waals surface area (Å²) in [6.07, 6.45) is 0. The molecular weight excluding hydrogens is 309 g/mol. The second-order valence-electron chi connectivity index (χ2n) is 3.69. The quantitative estimate of drug-likeness (QED) is 0.752. The third kappa shape index (κ3) is 5.58. The van der Waals surface area contributed by atoms with Crippen LogP contribution in [0.25, 0.3) is 0 Å². The fourth-order valence-corrected chi connectivity index (χ4v) is 2.82. The lowest BCUT2D eigenvalue weighted by molar-refractivity contribution is -0.129. The van der Waals surface area contributed by atoms with Gasteiger partial charge in [0, 0.05) is 23.0 Å². The van der Waals surface area contributed by atoms with Crippen LogP contribution in [0.4, 0.5) is 0 Å². The van der Waals surface area contributed by atoms with Crippen LogP contribution in [0, 0.1) is 0 Å². The summed E-state index contributed by atoms with van der Waals surface area (Å²) in [4.78, 5) is 14.0. The van der Waals surface area contributed by atoms with E-state index in [1.165, 1.54) is 16.7 Å². The Bertz CT molecular complexity index is 425.